The molecule has 0 bridgehead atoms. The van der Waals surface area contributed by atoms with Crippen LogP contribution >= 0.6 is 11.6 Å². The average molecular weight is 440 g/mol. The monoisotopic (exact) mass is 439 g/mol. The Morgan fingerprint density at radius 3 is 2.55 bits per heavy atom. The van der Waals surface area contributed by atoms with Crippen LogP contribution in [0.15, 0.2) is 48.5 Å². The molecule has 1 amide bonds. The van der Waals surface area contributed by atoms with Gasteiger partial charge in [-0.15, -0.1) is 0 Å². The van der Waals surface area contributed by atoms with Crippen molar-refractivity contribution < 1.29 is 22.3 Å². The second-order valence-corrected chi connectivity index (χ2v) is 9.70. The molecule has 1 heterocycles. The molecule has 3 rings (SSSR count). The standard InChI is InChI=1S/C21H23ClFNO4S/c1-2-19(28-20-10-6-5-9-18(20)23)21(25)24(16-11-12-29(26,27)14-16)13-15-7-3-4-8-17(15)22/h3-10,16,19H,2,11-14H2,1H3/t16-,19+/m1/s1. The quantitative estimate of drug-likeness (QED) is 0.657. The van der Waals surface area contributed by atoms with Crippen molar-refractivity contribution in [2.75, 3.05) is 11.5 Å². The van der Waals surface area contributed by atoms with Gasteiger partial charge in [-0.2, -0.15) is 0 Å². The van der Waals surface area contributed by atoms with Crippen molar-refractivity contribution >= 4 is 27.3 Å². The maximum atomic E-state index is 14.0. The molecule has 156 valence electrons. The Morgan fingerprint density at radius 2 is 1.93 bits per heavy atom. The second kappa shape index (κ2) is 9.13. The number of halogens is 2. The van der Waals surface area contributed by atoms with Crippen molar-refractivity contribution in [2.45, 2.75) is 38.5 Å². The highest BCUT2D eigenvalue weighted by atomic mass is 35.5. The topological polar surface area (TPSA) is 63.7 Å². The van der Waals surface area contributed by atoms with E-state index in [9.17, 15) is 17.6 Å². The summed E-state index contributed by atoms with van der Waals surface area (Å²) in [7, 11) is -3.20. The number of carbonyl (C=O) groups is 1. The van der Waals surface area contributed by atoms with Crippen molar-refractivity contribution in [1.82, 2.24) is 4.90 Å². The molecule has 8 heteroatoms. The van der Waals surface area contributed by atoms with Gasteiger partial charge in [0.05, 0.1) is 11.5 Å². The lowest BCUT2D eigenvalue weighted by Gasteiger charge is -2.32. The Morgan fingerprint density at radius 1 is 1.24 bits per heavy atom. The van der Waals surface area contributed by atoms with E-state index in [1.54, 1.807) is 31.2 Å². The summed E-state index contributed by atoms with van der Waals surface area (Å²) >= 11 is 6.26. The highest BCUT2D eigenvalue weighted by Crippen LogP contribution is 2.26. The lowest BCUT2D eigenvalue weighted by atomic mass is 10.1. The average Bonchev–Trinajstić information content (AvgIpc) is 3.05. The fraction of sp³-hybridized carbons (Fsp3) is 0.381. The SMILES string of the molecule is CC[C@H](Oc1ccccc1F)C(=O)N(Cc1ccccc1Cl)[C@@H]1CCS(=O)(=O)C1. The molecule has 1 aliphatic rings. The Labute approximate surface area is 175 Å². The van der Waals surface area contributed by atoms with Crippen LogP contribution in [0.4, 0.5) is 4.39 Å². The van der Waals surface area contributed by atoms with Crippen LogP contribution in [0, 0.1) is 5.82 Å². The van der Waals surface area contributed by atoms with Crippen LogP contribution in [0.2, 0.25) is 5.02 Å². The van der Waals surface area contributed by atoms with Gasteiger partial charge in [0.25, 0.3) is 5.91 Å². The van der Waals surface area contributed by atoms with Gasteiger partial charge in [0.1, 0.15) is 0 Å². The van der Waals surface area contributed by atoms with Crippen LogP contribution in [0.1, 0.15) is 25.3 Å². The van der Waals surface area contributed by atoms with Gasteiger partial charge in [0.2, 0.25) is 0 Å². The number of ether oxygens (including phenoxy) is 1. The molecular weight excluding hydrogens is 417 g/mol. The van der Waals surface area contributed by atoms with E-state index in [1.807, 2.05) is 6.07 Å². The molecule has 0 saturated carbocycles. The molecule has 1 saturated heterocycles. The van der Waals surface area contributed by atoms with Crippen LogP contribution in [0.3, 0.4) is 0 Å². The Balaban J connectivity index is 1.88. The van der Waals surface area contributed by atoms with Crippen molar-refractivity contribution in [3.8, 4) is 5.75 Å². The van der Waals surface area contributed by atoms with Crippen molar-refractivity contribution in [1.29, 1.82) is 0 Å². The minimum absolute atomic E-state index is 0.00978. The number of benzene rings is 2. The van der Waals surface area contributed by atoms with Crippen molar-refractivity contribution in [3.05, 3.63) is 64.9 Å². The molecule has 1 fully saturated rings. The van der Waals surface area contributed by atoms with E-state index in [4.69, 9.17) is 16.3 Å². The van der Waals surface area contributed by atoms with Crippen LogP contribution in [-0.4, -0.2) is 42.9 Å². The summed E-state index contributed by atoms with van der Waals surface area (Å²) in [5.74, 6) is -1.00. The van der Waals surface area contributed by atoms with Crippen molar-refractivity contribution in [2.24, 2.45) is 0 Å². The largest absolute Gasteiger partial charge is 0.478 e. The van der Waals surface area contributed by atoms with E-state index in [0.29, 0.717) is 23.4 Å². The van der Waals surface area contributed by atoms with Crippen LogP contribution in [0.5, 0.6) is 5.75 Å². The predicted octanol–water partition coefficient (Wildman–Crippen LogP) is 3.85. The minimum Gasteiger partial charge on any atom is -0.478 e. The first-order chi connectivity index (χ1) is 13.8. The molecule has 2 aromatic rings. The normalized spacial score (nSPS) is 18.9. The Bertz CT molecular complexity index is 982. The van der Waals surface area contributed by atoms with Gasteiger partial charge in [0, 0.05) is 17.6 Å². The molecular formula is C21H23ClFNO4S. The van der Waals surface area contributed by atoms with Gasteiger partial charge >= 0.3 is 0 Å². The highest BCUT2D eigenvalue weighted by molar-refractivity contribution is 7.91. The van der Waals surface area contributed by atoms with Crippen LogP contribution < -0.4 is 4.74 Å². The zero-order chi connectivity index (χ0) is 21.0. The molecule has 0 radical (unpaired) electrons. The maximum absolute atomic E-state index is 14.0. The third-order valence-electron chi connectivity index (χ3n) is 4.98. The summed E-state index contributed by atoms with van der Waals surface area (Å²) in [5.41, 5.74) is 0.715. The van der Waals surface area contributed by atoms with E-state index >= 15 is 0 Å². The Kier molecular flexibility index (Phi) is 6.80. The Hall–Kier alpha value is -2.12. The summed E-state index contributed by atoms with van der Waals surface area (Å²) < 4.78 is 43.7. The van der Waals surface area contributed by atoms with Crippen LogP contribution in [-0.2, 0) is 21.2 Å². The van der Waals surface area contributed by atoms with Crippen LogP contribution in [0.25, 0.3) is 0 Å². The molecule has 0 aromatic heterocycles. The molecule has 29 heavy (non-hydrogen) atoms. The summed E-state index contributed by atoms with van der Waals surface area (Å²) in [5, 5.41) is 0.495. The lowest BCUT2D eigenvalue weighted by Crippen LogP contribution is -2.47. The van der Waals surface area contributed by atoms with Gasteiger partial charge < -0.3 is 9.64 Å². The molecule has 1 aliphatic heterocycles. The maximum Gasteiger partial charge on any atom is 0.264 e. The first-order valence-electron chi connectivity index (χ1n) is 9.46. The van der Waals surface area contributed by atoms with Gasteiger partial charge in [-0.1, -0.05) is 48.9 Å². The fourth-order valence-electron chi connectivity index (χ4n) is 3.41. The van der Waals surface area contributed by atoms with E-state index in [-0.39, 0.29) is 29.7 Å². The molecule has 0 N–H and O–H groups in total. The predicted molar refractivity (Wildman–Crippen MR) is 110 cm³/mol. The first-order valence-corrected chi connectivity index (χ1v) is 11.7. The van der Waals surface area contributed by atoms with Gasteiger partial charge in [-0.25, -0.2) is 12.8 Å². The molecule has 5 nitrogen and oxygen atoms in total. The van der Waals surface area contributed by atoms with Gasteiger partial charge in [-0.3, -0.25) is 4.79 Å². The van der Waals surface area contributed by atoms with Gasteiger partial charge in [0.15, 0.2) is 27.5 Å². The zero-order valence-electron chi connectivity index (χ0n) is 16.1. The number of amides is 1. The third kappa shape index (κ3) is 5.28. The molecule has 0 aliphatic carbocycles. The summed E-state index contributed by atoms with van der Waals surface area (Å²) in [6, 6.07) is 12.5. The molecule has 0 spiro atoms. The molecule has 2 atom stereocenters. The van der Waals surface area contributed by atoms with E-state index in [0.717, 1.165) is 0 Å². The third-order valence-corrected chi connectivity index (χ3v) is 7.10. The zero-order valence-corrected chi connectivity index (χ0v) is 17.6. The lowest BCUT2D eigenvalue weighted by molar-refractivity contribution is -0.141. The summed E-state index contributed by atoms with van der Waals surface area (Å²) in [6.45, 7) is 1.93. The molecule has 0 unspecified atom stereocenters. The molecule has 2 aromatic carbocycles. The summed E-state index contributed by atoms with van der Waals surface area (Å²) in [4.78, 5) is 14.9. The minimum atomic E-state index is -3.20. The smallest absolute Gasteiger partial charge is 0.264 e. The first kappa shape index (κ1) is 21.6. The van der Waals surface area contributed by atoms with E-state index in [1.165, 1.54) is 23.1 Å². The number of nitrogens with zero attached hydrogens (tertiary/aromatic N) is 1. The summed E-state index contributed by atoms with van der Waals surface area (Å²) in [6.07, 6.45) is -0.266. The van der Waals surface area contributed by atoms with E-state index < -0.39 is 27.8 Å². The van der Waals surface area contributed by atoms with Crippen molar-refractivity contribution in [3.63, 3.8) is 0 Å². The van der Waals surface area contributed by atoms with E-state index in [2.05, 4.69) is 0 Å². The number of carbonyl (C=O) groups excluding carboxylic acids is 1. The number of para-hydroxylation sites is 1. The fourth-order valence-corrected chi connectivity index (χ4v) is 5.33. The number of sulfone groups is 1. The number of hydrogen-bond acceptors (Lipinski definition) is 4. The highest BCUT2D eigenvalue weighted by Gasteiger charge is 2.37. The number of rotatable bonds is 7. The van der Waals surface area contributed by atoms with Gasteiger partial charge in [-0.05, 0) is 36.6 Å². The number of hydrogen-bond donors (Lipinski definition) is 0. The second-order valence-electron chi connectivity index (χ2n) is 7.06.